The summed E-state index contributed by atoms with van der Waals surface area (Å²) in [5.41, 5.74) is 6.68. The van der Waals surface area contributed by atoms with Gasteiger partial charge in [-0.1, -0.05) is 6.07 Å². The van der Waals surface area contributed by atoms with Gasteiger partial charge in [-0.25, -0.2) is 4.98 Å². The molecule has 0 aliphatic heterocycles. The molecule has 5 heteroatoms. The Balaban J connectivity index is 1.56. The Kier molecular flexibility index (Phi) is 4.05. The fourth-order valence-corrected chi connectivity index (χ4v) is 3.17. The van der Waals surface area contributed by atoms with Crippen LogP contribution in [-0.4, -0.2) is 15.0 Å². The largest absolute Gasteiger partial charge is 0.359 e. The highest BCUT2D eigenvalue weighted by atomic mass is 15.1. The molecule has 0 fully saturated rings. The van der Waals surface area contributed by atoms with E-state index in [9.17, 15) is 0 Å². The van der Waals surface area contributed by atoms with E-state index in [0.29, 0.717) is 5.95 Å². The number of fused-ring (bicyclic) bond motifs is 1. The number of nitrogens with zero attached hydrogens (tertiary/aromatic N) is 2. The molecular formula is C21H21N5. The number of hydrogen-bond donors (Lipinski definition) is 3. The molecule has 0 spiro atoms. The predicted octanol–water partition coefficient (Wildman–Crippen LogP) is 5.37. The zero-order valence-electron chi connectivity index (χ0n) is 15.1. The molecule has 0 saturated carbocycles. The van der Waals surface area contributed by atoms with Crippen molar-refractivity contribution in [3.05, 3.63) is 71.5 Å². The monoisotopic (exact) mass is 343 g/mol. The standard InChI is InChI=1S/C21H21N5/c1-13-8-14(2)10-18(9-13)25-21-22-7-6-20(26-21)24-17-4-5-19-16(12-17)11-15(3)23-19/h4-12,23H,1-3H3,(H2,22,24,25,26). The zero-order valence-corrected chi connectivity index (χ0v) is 15.1. The van der Waals surface area contributed by atoms with E-state index in [1.54, 1.807) is 6.20 Å². The minimum atomic E-state index is 0.568. The normalized spacial score (nSPS) is 10.9. The SMILES string of the molecule is Cc1cc(C)cc(Nc2nccc(Nc3ccc4[nH]c(C)cc4c3)n2)c1. The summed E-state index contributed by atoms with van der Waals surface area (Å²) in [6.07, 6.45) is 1.75. The van der Waals surface area contributed by atoms with E-state index in [2.05, 4.69) is 82.8 Å². The smallest absolute Gasteiger partial charge is 0.229 e. The second-order valence-electron chi connectivity index (χ2n) is 6.65. The summed E-state index contributed by atoms with van der Waals surface area (Å²) in [6, 6.07) is 16.5. The molecule has 4 rings (SSSR count). The molecule has 3 N–H and O–H groups in total. The second kappa shape index (κ2) is 6.52. The van der Waals surface area contributed by atoms with Gasteiger partial charge < -0.3 is 15.6 Å². The maximum absolute atomic E-state index is 4.57. The van der Waals surface area contributed by atoms with Crippen LogP contribution in [0.5, 0.6) is 0 Å². The number of aromatic nitrogens is 3. The van der Waals surface area contributed by atoms with E-state index in [1.807, 2.05) is 12.1 Å². The Labute approximate surface area is 152 Å². The van der Waals surface area contributed by atoms with Crippen molar-refractivity contribution in [1.82, 2.24) is 15.0 Å². The molecule has 0 aliphatic carbocycles. The van der Waals surface area contributed by atoms with Crippen LogP contribution >= 0.6 is 0 Å². The molecule has 130 valence electrons. The van der Waals surface area contributed by atoms with Crippen molar-refractivity contribution in [1.29, 1.82) is 0 Å². The first-order valence-electron chi connectivity index (χ1n) is 8.60. The third kappa shape index (κ3) is 3.52. The number of anilines is 4. The number of hydrogen-bond acceptors (Lipinski definition) is 4. The molecule has 0 aliphatic rings. The maximum atomic E-state index is 4.57. The predicted molar refractivity (Wildman–Crippen MR) is 108 cm³/mol. The Morgan fingerprint density at radius 1 is 0.808 bits per heavy atom. The fourth-order valence-electron chi connectivity index (χ4n) is 3.17. The molecule has 0 radical (unpaired) electrons. The number of aromatic amines is 1. The van der Waals surface area contributed by atoms with Gasteiger partial charge in [-0.3, -0.25) is 0 Å². The molecule has 0 unspecified atom stereocenters. The molecule has 4 aromatic rings. The van der Waals surface area contributed by atoms with Crippen LogP contribution in [0.1, 0.15) is 16.8 Å². The topological polar surface area (TPSA) is 65.6 Å². The molecule has 2 aromatic carbocycles. The van der Waals surface area contributed by atoms with Crippen molar-refractivity contribution in [3.63, 3.8) is 0 Å². The van der Waals surface area contributed by atoms with Crippen molar-refractivity contribution in [3.8, 4) is 0 Å². The molecule has 26 heavy (non-hydrogen) atoms. The summed E-state index contributed by atoms with van der Waals surface area (Å²) in [4.78, 5) is 12.2. The zero-order chi connectivity index (χ0) is 18.1. The lowest BCUT2D eigenvalue weighted by atomic mass is 10.1. The molecular weight excluding hydrogens is 322 g/mol. The van der Waals surface area contributed by atoms with Gasteiger partial charge in [0.15, 0.2) is 0 Å². The van der Waals surface area contributed by atoms with E-state index in [1.165, 1.54) is 16.5 Å². The van der Waals surface area contributed by atoms with Crippen molar-refractivity contribution < 1.29 is 0 Å². The molecule has 0 bridgehead atoms. The van der Waals surface area contributed by atoms with Crippen molar-refractivity contribution >= 4 is 34.0 Å². The van der Waals surface area contributed by atoms with Crippen LogP contribution in [0, 0.1) is 20.8 Å². The Morgan fingerprint density at radius 3 is 2.42 bits per heavy atom. The summed E-state index contributed by atoms with van der Waals surface area (Å²) in [5, 5.41) is 7.80. The first kappa shape index (κ1) is 16.1. The van der Waals surface area contributed by atoms with Crippen LogP contribution < -0.4 is 10.6 Å². The van der Waals surface area contributed by atoms with Crippen molar-refractivity contribution in [2.45, 2.75) is 20.8 Å². The van der Waals surface area contributed by atoms with Gasteiger partial charge in [-0.15, -0.1) is 0 Å². The molecule has 2 heterocycles. The van der Waals surface area contributed by atoms with Gasteiger partial charge in [-0.05, 0) is 74.4 Å². The highest BCUT2D eigenvalue weighted by molar-refractivity contribution is 5.84. The number of benzene rings is 2. The number of nitrogens with one attached hydrogen (secondary N) is 3. The summed E-state index contributed by atoms with van der Waals surface area (Å²) in [7, 11) is 0. The highest BCUT2D eigenvalue weighted by Gasteiger charge is 2.04. The number of rotatable bonds is 4. The van der Waals surface area contributed by atoms with Crippen LogP contribution in [0.3, 0.4) is 0 Å². The van der Waals surface area contributed by atoms with Gasteiger partial charge in [0.2, 0.25) is 5.95 Å². The van der Waals surface area contributed by atoms with Gasteiger partial charge in [0.05, 0.1) is 0 Å². The maximum Gasteiger partial charge on any atom is 0.229 e. The van der Waals surface area contributed by atoms with Gasteiger partial charge in [0.25, 0.3) is 0 Å². The molecule has 0 amide bonds. The highest BCUT2D eigenvalue weighted by Crippen LogP contribution is 2.23. The summed E-state index contributed by atoms with van der Waals surface area (Å²) in [6.45, 7) is 6.22. The number of H-pyrrole nitrogens is 1. The quantitative estimate of drug-likeness (QED) is 0.466. The van der Waals surface area contributed by atoms with Gasteiger partial charge in [0.1, 0.15) is 5.82 Å². The van der Waals surface area contributed by atoms with Crippen LogP contribution in [-0.2, 0) is 0 Å². The third-order valence-corrected chi connectivity index (χ3v) is 4.16. The van der Waals surface area contributed by atoms with Gasteiger partial charge in [0, 0.05) is 34.2 Å². The van der Waals surface area contributed by atoms with Crippen LogP contribution in [0.4, 0.5) is 23.1 Å². The van der Waals surface area contributed by atoms with E-state index in [0.717, 1.165) is 28.4 Å². The lowest BCUT2D eigenvalue weighted by Gasteiger charge is -2.10. The summed E-state index contributed by atoms with van der Waals surface area (Å²) < 4.78 is 0. The molecule has 0 atom stereocenters. The molecule has 5 nitrogen and oxygen atoms in total. The molecule has 0 saturated heterocycles. The van der Waals surface area contributed by atoms with Gasteiger partial charge >= 0.3 is 0 Å². The molecule has 2 aromatic heterocycles. The third-order valence-electron chi connectivity index (χ3n) is 4.16. The minimum absolute atomic E-state index is 0.568. The van der Waals surface area contributed by atoms with E-state index >= 15 is 0 Å². The van der Waals surface area contributed by atoms with Crippen LogP contribution in [0.15, 0.2) is 54.7 Å². The van der Waals surface area contributed by atoms with Crippen molar-refractivity contribution in [2.75, 3.05) is 10.6 Å². The second-order valence-corrected chi connectivity index (χ2v) is 6.65. The average molecular weight is 343 g/mol. The summed E-state index contributed by atoms with van der Waals surface area (Å²) in [5.74, 6) is 1.32. The fraction of sp³-hybridized carbons (Fsp3) is 0.143. The Hall–Kier alpha value is -3.34. The first-order chi connectivity index (χ1) is 12.5. The Morgan fingerprint density at radius 2 is 1.62 bits per heavy atom. The lowest BCUT2D eigenvalue weighted by molar-refractivity contribution is 1.16. The summed E-state index contributed by atoms with van der Waals surface area (Å²) >= 11 is 0. The minimum Gasteiger partial charge on any atom is -0.359 e. The number of aryl methyl sites for hydroxylation is 3. The van der Waals surface area contributed by atoms with E-state index in [-0.39, 0.29) is 0 Å². The first-order valence-corrected chi connectivity index (χ1v) is 8.60. The van der Waals surface area contributed by atoms with Crippen molar-refractivity contribution in [2.24, 2.45) is 0 Å². The lowest BCUT2D eigenvalue weighted by Crippen LogP contribution is -2.00. The van der Waals surface area contributed by atoms with E-state index in [4.69, 9.17) is 0 Å². The van der Waals surface area contributed by atoms with Gasteiger partial charge in [-0.2, -0.15) is 4.98 Å². The average Bonchev–Trinajstić information content (AvgIpc) is 2.93. The van der Waals surface area contributed by atoms with E-state index < -0.39 is 0 Å². The Bertz CT molecular complexity index is 1060. The van der Waals surface area contributed by atoms with Crippen LogP contribution in [0.25, 0.3) is 10.9 Å². The van der Waals surface area contributed by atoms with Crippen LogP contribution in [0.2, 0.25) is 0 Å².